The monoisotopic (exact) mass is 395 g/mol. The second-order valence-corrected chi connectivity index (χ2v) is 7.26. The molecule has 29 heavy (non-hydrogen) atoms. The minimum atomic E-state index is -0.260. The SMILES string of the molecule is CCCN(CCC)CCCNC(=O)/C(=C/c1cccc2ccccc12)NC(C)=O. The lowest BCUT2D eigenvalue weighted by Gasteiger charge is -2.20. The summed E-state index contributed by atoms with van der Waals surface area (Å²) < 4.78 is 0. The van der Waals surface area contributed by atoms with Crippen LogP contribution in [0.15, 0.2) is 48.2 Å². The predicted molar refractivity (Wildman–Crippen MR) is 120 cm³/mol. The van der Waals surface area contributed by atoms with Crippen LogP contribution in [0.4, 0.5) is 0 Å². The topological polar surface area (TPSA) is 61.4 Å². The van der Waals surface area contributed by atoms with E-state index in [1.807, 2.05) is 42.5 Å². The van der Waals surface area contributed by atoms with Gasteiger partial charge in [0.2, 0.25) is 5.91 Å². The van der Waals surface area contributed by atoms with Crippen molar-refractivity contribution in [2.45, 2.75) is 40.0 Å². The van der Waals surface area contributed by atoms with E-state index in [0.717, 1.165) is 55.2 Å². The standard InChI is InChI=1S/C24H33N3O2/c1-4-15-27(16-5-2)17-9-14-25-24(29)23(26-19(3)28)18-21-12-8-11-20-10-6-7-13-22(20)21/h6-8,10-13,18H,4-5,9,14-17H2,1-3H3,(H,25,29)(H,26,28)/b23-18-. The number of nitrogens with one attached hydrogen (secondary N) is 2. The molecule has 0 saturated heterocycles. The third-order valence-electron chi connectivity index (χ3n) is 4.69. The molecule has 2 rings (SSSR count). The minimum absolute atomic E-state index is 0.259. The molecule has 2 amide bonds. The van der Waals surface area contributed by atoms with Gasteiger partial charge < -0.3 is 15.5 Å². The van der Waals surface area contributed by atoms with Crippen LogP contribution in [0, 0.1) is 0 Å². The molecule has 2 aromatic carbocycles. The molecule has 0 unspecified atom stereocenters. The summed E-state index contributed by atoms with van der Waals surface area (Å²) >= 11 is 0. The van der Waals surface area contributed by atoms with Crippen molar-refractivity contribution < 1.29 is 9.59 Å². The lowest BCUT2D eigenvalue weighted by molar-refractivity contribution is -0.122. The summed E-state index contributed by atoms with van der Waals surface area (Å²) in [6, 6.07) is 13.9. The number of amides is 2. The summed E-state index contributed by atoms with van der Waals surface area (Å²) in [6.07, 6.45) is 4.90. The molecule has 0 heterocycles. The van der Waals surface area contributed by atoms with Gasteiger partial charge in [-0.3, -0.25) is 9.59 Å². The second kappa shape index (κ2) is 12.0. The van der Waals surface area contributed by atoms with Crippen molar-refractivity contribution >= 4 is 28.7 Å². The molecule has 5 heteroatoms. The van der Waals surface area contributed by atoms with E-state index >= 15 is 0 Å². The van der Waals surface area contributed by atoms with Crippen molar-refractivity contribution in [2.75, 3.05) is 26.2 Å². The maximum Gasteiger partial charge on any atom is 0.267 e. The van der Waals surface area contributed by atoms with Crippen molar-refractivity contribution in [3.05, 3.63) is 53.7 Å². The Labute approximate surface area is 174 Å². The van der Waals surface area contributed by atoms with Gasteiger partial charge in [0, 0.05) is 13.5 Å². The summed E-state index contributed by atoms with van der Waals surface area (Å²) in [6.45, 7) is 9.49. The van der Waals surface area contributed by atoms with Gasteiger partial charge in [-0.1, -0.05) is 56.3 Å². The summed E-state index contributed by atoms with van der Waals surface area (Å²) in [5, 5.41) is 7.77. The quantitative estimate of drug-likeness (QED) is 0.447. The molecule has 2 aromatic rings. The Kier molecular flexibility index (Phi) is 9.38. The lowest BCUT2D eigenvalue weighted by Crippen LogP contribution is -2.35. The fourth-order valence-corrected chi connectivity index (χ4v) is 3.45. The molecule has 0 aliphatic rings. The Morgan fingerprint density at radius 1 is 0.966 bits per heavy atom. The highest BCUT2D eigenvalue weighted by atomic mass is 16.2. The number of rotatable bonds is 11. The van der Waals surface area contributed by atoms with Gasteiger partial charge in [-0.05, 0) is 61.3 Å². The maximum atomic E-state index is 12.7. The van der Waals surface area contributed by atoms with Gasteiger partial charge >= 0.3 is 0 Å². The van der Waals surface area contributed by atoms with Gasteiger partial charge in [0.15, 0.2) is 0 Å². The predicted octanol–water partition coefficient (Wildman–Crippen LogP) is 3.95. The van der Waals surface area contributed by atoms with Crippen molar-refractivity contribution in [3.8, 4) is 0 Å². The molecule has 2 N–H and O–H groups in total. The van der Waals surface area contributed by atoms with Gasteiger partial charge in [-0.15, -0.1) is 0 Å². The molecular formula is C24H33N3O2. The molecule has 5 nitrogen and oxygen atoms in total. The van der Waals surface area contributed by atoms with E-state index in [9.17, 15) is 9.59 Å². The highest BCUT2D eigenvalue weighted by Crippen LogP contribution is 2.20. The molecule has 0 fully saturated rings. The molecule has 0 radical (unpaired) electrons. The molecule has 156 valence electrons. The van der Waals surface area contributed by atoms with Crippen LogP contribution in [0.25, 0.3) is 16.8 Å². The summed E-state index contributed by atoms with van der Waals surface area (Å²) in [7, 11) is 0. The number of carbonyl (C=O) groups excluding carboxylic acids is 2. The fraction of sp³-hybridized carbons (Fsp3) is 0.417. The van der Waals surface area contributed by atoms with Crippen LogP contribution >= 0.6 is 0 Å². The molecule has 0 atom stereocenters. The highest BCUT2D eigenvalue weighted by molar-refractivity contribution is 6.03. The van der Waals surface area contributed by atoms with Crippen LogP contribution in [0.1, 0.15) is 45.6 Å². The van der Waals surface area contributed by atoms with E-state index in [4.69, 9.17) is 0 Å². The number of carbonyl (C=O) groups is 2. The van der Waals surface area contributed by atoms with Gasteiger partial charge in [0.25, 0.3) is 5.91 Å². The summed E-state index contributed by atoms with van der Waals surface area (Å²) in [5.41, 5.74) is 1.17. The van der Waals surface area contributed by atoms with Crippen molar-refractivity contribution in [3.63, 3.8) is 0 Å². The first-order chi connectivity index (χ1) is 14.0. The highest BCUT2D eigenvalue weighted by Gasteiger charge is 2.12. The van der Waals surface area contributed by atoms with E-state index in [0.29, 0.717) is 6.54 Å². The molecule has 0 aliphatic carbocycles. The first kappa shape index (κ1) is 22.6. The first-order valence-corrected chi connectivity index (χ1v) is 10.5. The Hall–Kier alpha value is -2.66. The maximum absolute atomic E-state index is 12.7. The third kappa shape index (κ3) is 7.35. The van der Waals surface area contributed by atoms with Gasteiger partial charge in [0.05, 0.1) is 0 Å². The minimum Gasteiger partial charge on any atom is -0.351 e. The number of hydrogen-bond acceptors (Lipinski definition) is 3. The van der Waals surface area contributed by atoms with Crippen LogP contribution in [0.5, 0.6) is 0 Å². The summed E-state index contributed by atoms with van der Waals surface area (Å²) in [4.78, 5) is 26.8. The molecule has 0 saturated carbocycles. The van der Waals surface area contributed by atoms with Crippen molar-refractivity contribution in [1.29, 1.82) is 0 Å². The average molecular weight is 396 g/mol. The third-order valence-corrected chi connectivity index (χ3v) is 4.69. The molecular weight excluding hydrogens is 362 g/mol. The zero-order valence-electron chi connectivity index (χ0n) is 17.8. The number of hydrogen-bond donors (Lipinski definition) is 2. The zero-order valence-corrected chi connectivity index (χ0v) is 17.8. The molecule has 0 bridgehead atoms. The number of nitrogens with zero attached hydrogens (tertiary/aromatic N) is 1. The van der Waals surface area contributed by atoms with E-state index in [1.54, 1.807) is 6.08 Å². The van der Waals surface area contributed by atoms with Crippen LogP contribution in [0.2, 0.25) is 0 Å². The molecule has 0 aromatic heterocycles. The normalized spacial score (nSPS) is 11.7. The first-order valence-electron chi connectivity index (χ1n) is 10.5. The van der Waals surface area contributed by atoms with E-state index in [1.165, 1.54) is 6.92 Å². The Bertz CT molecular complexity index is 834. The smallest absolute Gasteiger partial charge is 0.267 e. The Morgan fingerprint density at radius 3 is 2.34 bits per heavy atom. The zero-order chi connectivity index (χ0) is 21.1. The van der Waals surface area contributed by atoms with Gasteiger partial charge in [-0.25, -0.2) is 0 Å². The molecule has 0 spiro atoms. The summed E-state index contributed by atoms with van der Waals surface area (Å²) in [5.74, 6) is -0.519. The Balaban J connectivity index is 2.06. The van der Waals surface area contributed by atoms with E-state index < -0.39 is 0 Å². The van der Waals surface area contributed by atoms with Crippen LogP contribution < -0.4 is 10.6 Å². The van der Waals surface area contributed by atoms with Crippen molar-refractivity contribution in [2.24, 2.45) is 0 Å². The van der Waals surface area contributed by atoms with Crippen LogP contribution in [-0.4, -0.2) is 42.9 Å². The van der Waals surface area contributed by atoms with Gasteiger partial charge in [-0.2, -0.15) is 0 Å². The van der Waals surface area contributed by atoms with Crippen LogP contribution in [0.3, 0.4) is 0 Å². The lowest BCUT2D eigenvalue weighted by atomic mass is 10.0. The van der Waals surface area contributed by atoms with Gasteiger partial charge in [0.1, 0.15) is 5.70 Å². The average Bonchev–Trinajstić information content (AvgIpc) is 2.70. The van der Waals surface area contributed by atoms with Crippen molar-refractivity contribution in [1.82, 2.24) is 15.5 Å². The second-order valence-electron chi connectivity index (χ2n) is 7.26. The Morgan fingerprint density at radius 2 is 1.66 bits per heavy atom. The largest absolute Gasteiger partial charge is 0.351 e. The van der Waals surface area contributed by atoms with Crippen LogP contribution in [-0.2, 0) is 9.59 Å². The fourth-order valence-electron chi connectivity index (χ4n) is 3.45. The number of benzene rings is 2. The number of fused-ring (bicyclic) bond motifs is 1. The molecule has 0 aliphatic heterocycles. The van der Waals surface area contributed by atoms with E-state index in [2.05, 4.69) is 29.4 Å². The van der Waals surface area contributed by atoms with E-state index in [-0.39, 0.29) is 17.5 Å².